The summed E-state index contributed by atoms with van der Waals surface area (Å²) in [5, 5.41) is 23.0. The first kappa shape index (κ1) is 28.0. The van der Waals surface area contributed by atoms with E-state index in [4.69, 9.17) is 9.47 Å². The van der Waals surface area contributed by atoms with E-state index >= 15 is 0 Å². The molecular formula is C31H31N3O7. The number of aryl methyl sites for hydroxylation is 1. The highest BCUT2D eigenvalue weighted by Crippen LogP contribution is 2.41. The summed E-state index contributed by atoms with van der Waals surface area (Å²) in [6.45, 7) is 5.41. The Morgan fingerprint density at radius 2 is 1.78 bits per heavy atom. The number of aliphatic hydroxyl groups is 1. The summed E-state index contributed by atoms with van der Waals surface area (Å²) in [5.41, 5.74) is 2.13. The molecule has 2 heterocycles. The van der Waals surface area contributed by atoms with Crippen molar-refractivity contribution >= 4 is 23.1 Å². The molecule has 2 fully saturated rings. The molecule has 212 valence electrons. The molecular weight excluding hydrogens is 526 g/mol. The van der Waals surface area contributed by atoms with Gasteiger partial charge in [0.15, 0.2) is 0 Å². The molecule has 0 aliphatic carbocycles. The van der Waals surface area contributed by atoms with Crippen LogP contribution in [-0.4, -0.2) is 70.9 Å². The number of nitro groups is 1. The van der Waals surface area contributed by atoms with Gasteiger partial charge >= 0.3 is 0 Å². The van der Waals surface area contributed by atoms with Crippen molar-refractivity contribution in [1.29, 1.82) is 0 Å². The van der Waals surface area contributed by atoms with Crippen molar-refractivity contribution in [2.45, 2.75) is 19.6 Å². The minimum absolute atomic E-state index is 0.0986. The van der Waals surface area contributed by atoms with Crippen LogP contribution < -0.4 is 4.74 Å². The maximum Gasteiger partial charge on any atom is 0.295 e. The number of likely N-dealkylation sites (tertiary alicyclic amines) is 1. The van der Waals surface area contributed by atoms with Gasteiger partial charge in [0.2, 0.25) is 0 Å². The maximum absolute atomic E-state index is 13.4. The molecule has 1 N–H and O–H groups in total. The van der Waals surface area contributed by atoms with Gasteiger partial charge in [-0.25, -0.2) is 0 Å². The molecule has 5 rings (SSSR count). The Labute approximate surface area is 237 Å². The van der Waals surface area contributed by atoms with E-state index < -0.39 is 22.7 Å². The van der Waals surface area contributed by atoms with Gasteiger partial charge in [-0.2, -0.15) is 0 Å². The average molecular weight is 558 g/mol. The molecule has 2 saturated heterocycles. The number of hydrogen-bond donors (Lipinski definition) is 1. The highest BCUT2D eigenvalue weighted by atomic mass is 16.6. The third-order valence-electron chi connectivity index (χ3n) is 7.40. The van der Waals surface area contributed by atoms with Crippen LogP contribution >= 0.6 is 0 Å². The Hall–Kier alpha value is -4.54. The lowest BCUT2D eigenvalue weighted by atomic mass is 9.93. The van der Waals surface area contributed by atoms with E-state index in [9.17, 15) is 24.8 Å². The van der Waals surface area contributed by atoms with Gasteiger partial charge in [0.05, 0.1) is 29.8 Å². The quantitative estimate of drug-likeness (QED) is 0.136. The van der Waals surface area contributed by atoms with Crippen molar-refractivity contribution in [3.05, 3.63) is 111 Å². The summed E-state index contributed by atoms with van der Waals surface area (Å²) in [6, 6.07) is 19.7. The number of morpholine rings is 1. The number of rotatable bonds is 9. The normalized spacial score (nSPS) is 19.0. The first-order chi connectivity index (χ1) is 19.8. The summed E-state index contributed by atoms with van der Waals surface area (Å²) in [6.07, 6.45) is 0. The Balaban J connectivity index is 1.49. The molecule has 41 heavy (non-hydrogen) atoms. The van der Waals surface area contributed by atoms with Crippen LogP contribution in [-0.2, 0) is 20.9 Å². The van der Waals surface area contributed by atoms with E-state index in [1.54, 1.807) is 31.2 Å². The van der Waals surface area contributed by atoms with Gasteiger partial charge < -0.3 is 19.5 Å². The SMILES string of the molecule is Cc1cc(OCc2ccccc2)ccc1C(O)=C1C(=O)C(=O)N(CCN2CCOCC2)C1c1cccc([N+](=O)[O-])c1. The average Bonchev–Trinajstić information content (AvgIpc) is 3.25. The third-order valence-corrected chi connectivity index (χ3v) is 7.40. The number of carbonyl (C=O) groups is 2. The number of hydrogen-bond acceptors (Lipinski definition) is 8. The minimum Gasteiger partial charge on any atom is -0.507 e. The van der Waals surface area contributed by atoms with Gasteiger partial charge in [0.25, 0.3) is 17.4 Å². The fourth-order valence-corrected chi connectivity index (χ4v) is 5.22. The predicted octanol–water partition coefficient (Wildman–Crippen LogP) is 4.24. The summed E-state index contributed by atoms with van der Waals surface area (Å²) >= 11 is 0. The van der Waals surface area contributed by atoms with Gasteiger partial charge in [0, 0.05) is 43.9 Å². The standard InChI is InChI=1S/C31H31N3O7/c1-21-18-25(41-20-22-6-3-2-4-7-22)10-11-26(21)29(35)27-28(23-8-5-9-24(19-23)34(38)39)33(31(37)30(27)36)13-12-32-14-16-40-17-15-32/h2-11,18-19,28,35H,12-17,20H2,1H3. The lowest BCUT2D eigenvalue weighted by Crippen LogP contribution is -2.42. The number of benzene rings is 3. The molecule has 1 amide bonds. The lowest BCUT2D eigenvalue weighted by molar-refractivity contribution is -0.384. The zero-order valence-corrected chi connectivity index (χ0v) is 22.7. The van der Waals surface area contributed by atoms with Crippen LogP contribution in [0, 0.1) is 17.0 Å². The molecule has 0 radical (unpaired) electrons. The fraction of sp³-hybridized carbons (Fsp3) is 0.290. The van der Waals surface area contributed by atoms with Crippen LogP contribution in [0.1, 0.15) is 28.3 Å². The topological polar surface area (TPSA) is 122 Å². The van der Waals surface area contributed by atoms with Gasteiger partial charge in [-0.3, -0.25) is 24.6 Å². The van der Waals surface area contributed by atoms with Crippen LogP contribution in [0.15, 0.2) is 78.4 Å². The zero-order chi connectivity index (χ0) is 28.9. The molecule has 10 heteroatoms. The second-order valence-electron chi connectivity index (χ2n) is 10.0. The number of aliphatic hydroxyl groups excluding tert-OH is 1. The molecule has 0 bridgehead atoms. The Bertz CT molecular complexity index is 1480. The highest BCUT2D eigenvalue weighted by Gasteiger charge is 2.46. The Morgan fingerprint density at radius 3 is 2.49 bits per heavy atom. The van der Waals surface area contributed by atoms with Gasteiger partial charge in [-0.05, 0) is 41.8 Å². The highest BCUT2D eigenvalue weighted by molar-refractivity contribution is 6.46. The first-order valence-electron chi connectivity index (χ1n) is 13.4. The second kappa shape index (κ2) is 12.3. The summed E-state index contributed by atoms with van der Waals surface area (Å²) in [5.74, 6) is -1.33. The van der Waals surface area contributed by atoms with Crippen LogP contribution in [0.5, 0.6) is 5.75 Å². The van der Waals surface area contributed by atoms with Gasteiger partial charge in [-0.1, -0.05) is 42.5 Å². The van der Waals surface area contributed by atoms with Crippen LogP contribution in [0.4, 0.5) is 5.69 Å². The van der Waals surface area contributed by atoms with Crippen molar-refractivity contribution in [3.63, 3.8) is 0 Å². The van der Waals surface area contributed by atoms with Crippen LogP contribution in [0.2, 0.25) is 0 Å². The van der Waals surface area contributed by atoms with Crippen molar-refractivity contribution in [3.8, 4) is 5.75 Å². The van der Waals surface area contributed by atoms with Crippen molar-refractivity contribution in [1.82, 2.24) is 9.80 Å². The lowest BCUT2D eigenvalue weighted by Gasteiger charge is -2.31. The molecule has 3 aromatic carbocycles. The smallest absolute Gasteiger partial charge is 0.295 e. The number of carbonyl (C=O) groups excluding carboxylic acids is 2. The number of Topliss-reactive ketones (excluding diaryl/α,β-unsaturated/α-hetero) is 1. The van der Waals surface area contributed by atoms with Crippen molar-refractivity contribution in [2.75, 3.05) is 39.4 Å². The number of ketones is 1. The molecule has 1 atom stereocenters. The molecule has 2 aliphatic rings. The van der Waals surface area contributed by atoms with E-state index in [0.29, 0.717) is 61.9 Å². The number of nitro benzene ring substituents is 1. The number of non-ortho nitro benzene ring substituents is 1. The first-order valence-corrected chi connectivity index (χ1v) is 13.4. The maximum atomic E-state index is 13.4. The molecule has 2 aliphatic heterocycles. The van der Waals surface area contributed by atoms with E-state index in [-0.39, 0.29) is 23.6 Å². The van der Waals surface area contributed by atoms with Crippen molar-refractivity contribution < 1.29 is 29.1 Å². The Kier molecular flexibility index (Phi) is 8.42. The molecule has 0 spiro atoms. The summed E-state index contributed by atoms with van der Waals surface area (Å²) in [7, 11) is 0. The molecule has 0 saturated carbocycles. The number of amides is 1. The Morgan fingerprint density at radius 1 is 1.02 bits per heavy atom. The predicted molar refractivity (Wildman–Crippen MR) is 151 cm³/mol. The van der Waals surface area contributed by atoms with E-state index in [0.717, 1.165) is 5.56 Å². The molecule has 3 aromatic rings. The fourth-order valence-electron chi connectivity index (χ4n) is 5.22. The van der Waals surface area contributed by atoms with Gasteiger partial charge in [0.1, 0.15) is 18.1 Å². The number of ether oxygens (including phenoxy) is 2. The van der Waals surface area contributed by atoms with E-state index in [2.05, 4.69) is 4.90 Å². The molecule has 10 nitrogen and oxygen atoms in total. The van der Waals surface area contributed by atoms with E-state index in [1.165, 1.54) is 23.1 Å². The van der Waals surface area contributed by atoms with E-state index in [1.807, 2.05) is 30.3 Å². The van der Waals surface area contributed by atoms with Gasteiger partial charge in [-0.15, -0.1) is 0 Å². The summed E-state index contributed by atoms with van der Waals surface area (Å²) < 4.78 is 11.3. The number of nitrogens with zero attached hydrogens (tertiary/aromatic N) is 3. The largest absolute Gasteiger partial charge is 0.507 e. The zero-order valence-electron chi connectivity index (χ0n) is 22.7. The monoisotopic (exact) mass is 557 g/mol. The second-order valence-corrected chi connectivity index (χ2v) is 10.0. The van der Waals surface area contributed by atoms with Crippen LogP contribution in [0.3, 0.4) is 0 Å². The van der Waals surface area contributed by atoms with Crippen LogP contribution in [0.25, 0.3) is 5.76 Å². The molecule has 1 unspecified atom stereocenters. The minimum atomic E-state index is -0.982. The third kappa shape index (κ3) is 6.13. The summed E-state index contributed by atoms with van der Waals surface area (Å²) in [4.78, 5) is 41.3. The van der Waals surface area contributed by atoms with Crippen molar-refractivity contribution in [2.24, 2.45) is 0 Å². The molecule has 0 aromatic heterocycles.